The highest BCUT2D eigenvalue weighted by atomic mass is 28.3. The summed E-state index contributed by atoms with van der Waals surface area (Å²) in [6.07, 6.45) is 7.89. The largest absolute Gasteiger partial charge is 0.361 e. The van der Waals surface area contributed by atoms with Crippen LogP contribution in [0.1, 0.15) is 43.0 Å². The molecule has 4 rings (SSSR count). The molecule has 0 N–H and O–H groups in total. The Labute approximate surface area is 212 Å². The molecule has 188 valence electrons. The van der Waals surface area contributed by atoms with Gasteiger partial charge in [0.05, 0.1) is 25.5 Å². The number of hydrogen-bond acceptors (Lipinski definition) is 4. The number of carbonyl (C=O) groups excluding carboxylic acids is 1. The minimum atomic E-state index is -1.46. The molecule has 0 radical (unpaired) electrons. The van der Waals surface area contributed by atoms with E-state index in [-0.39, 0.29) is 11.2 Å². The molecular formula is C28H41N3O2Si2. The van der Waals surface area contributed by atoms with Gasteiger partial charge in [-0.25, -0.2) is 9.97 Å². The Bertz CT molecular complexity index is 1220. The Balaban J connectivity index is 1.73. The zero-order valence-electron chi connectivity index (χ0n) is 22.6. The number of benzene rings is 1. The first-order valence-electron chi connectivity index (χ1n) is 13.0. The molecule has 35 heavy (non-hydrogen) atoms. The number of Topliss-reactive ketones (excluding diaryl/α,β-unsaturated/α-hetero) is 1. The van der Waals surface area contributed by atoms with Crippen LogP contribution in [0.15, 0.2) is 36.7 Å². The standard InChI is InChI=1S/C28H41N3O2Si2/c1-28(13-8-9-14-28)26(32)23-19-31(20-33-15-16-34(2,3)4)27-25(23)30-24(18-29-27)21-11-10-12-22(17-21)35(5,6)7/h10-12,17-19H,8-9,13-16,20H2,1-7H3. The molecule has 1 aliphatic carbocycles. The van der Waals surface area contributed by atoms with E-state index in [1.54, 1.807) is 0 Å². The van der Waals surface area contributed by atoms with Crippen LogP contribution in [0.2, 0.25) is 45.3 Å². The number of rotatable bonds is 9. The van der Waals surface area contributed by atoms with Gasteiger partial charge in [0.2, 0.25) is 0 Å². The summed E-state index contributed by atoms with van der Waals surface area (Å²) in [6.45, 7) is 17.3. The second-order valence-corrected chi connectivity index (χ2v) is 23.4. The minimum absolute atomic E-state index is 0.197. The van der Waals surface area contributed by atoms with Crippen LogP contribution < -0.4 is 5.19 Å². The first-order chi connectivity index (χ1) is 16.4. The molecule has 3 aromatic rings. The Hall–Kier alpha value is -2.10. The van der Waals surface area contributed by atoms with Crippen molar-refractivity contribution >= 4 is 38.3 Å². The third-order valence-electron chi connectivity index (χ3n) is 7.32. The summed E-state index contributed by atoms with van der Waals surface area (Å²) >= 11 is 0. The third kappa shape index (κ3) is 5.84. The molecule has 2 aromatic heterocycles. The molecule has 1 fully saturated rings. The van der Waals surface area contributed by atoms with Crippen molar-refractivity contribution in [1.29, 1.82) is 0 Å². The van der Waals surface area contributed by atoms with E-state index in [0.717, 1.165) is 55.2 Å². The summed E-state index contributed by atoms with van der Waals surface area (Å²) < 4.78 is 8.01. The van der Waals surface area contributed by atoms with Crippen molar-refractivity contribution in [1.82, 2.24) is 14.5 Å². The Morgan fingerprint density at radius 2 is 1.83 bits per heavy atom. The number of ketones is 1. The highest BCUT2D eigenvalue weighted by Crippen LogP contribution is 2.41. The van der Waals surface area contributed by atoms with E-state index >= 15 is 0 Å². The van der Waals surface area contributed by atoms with Crippen LogP contribution in [0, 0.1) is 5.41 Å². The number of fused-ring (bicyclic) bond motifs is 1. The van der Waals surface area contributed by atoms with Gasteiger partial charge >= 0.3 is 0 Å². The molecule has 1 aliphatic rings. The molecule has 0 amide bonds. The van der Waals surface area contributed by atoms with Gasteiger partial charge in [0.1, 0.15) is 12.2 Å². The minimum Gasteiger partial charge on any atom is -0.361 e. The summed E-state index contributed by atoms with van der Waals surface area (Å²) in [7, 11) is -2.62. The van der Waals surface area contributed by atoms with Crippen LogP contribution >= 0.6 is 0 Å². The van der Waals surface area contributed by atoms with Gasteiger partial charge in [-0.3, -0.25) is 4.79 Å². The van der Waals surface area contributed by atoms with Crippen LogP contribution in [-0.4, -0.2) is 43.1 Å². The molecule has 0 spiro atoms. The van der Waals surface area contributed by atoms with Crippen LogP contribution in [0.25, 0.3) is 22.4 Å². The van der Waals surface area contributed by atoms with Crippen LogP contribution in [0.5, 0.6) is 0 Å². The fourth-order valence-electron chi connectivity index (χ4n) is 4.85. The smallest absolute Gasteiger partial charge is 0.172 e. The van der Waals surface area contributed by atoms with E-state index in [2.05, 4.69) is 70.5 Å². The third-order valence-corrected chi connectivity index (χ3v) is 11.1. The topological polar surface area (TPSA) is 57.0 Å². The maximum absolute atomic E-state index is 13.8. The van der Waals surface area contributed by atoms with Crippen LogP contribution in [0.4, 0.5) is 0 Å². The van der Waals surface area contributed by atoms with Gasteiger partial charge in [-0.15, -0.1) is 0 Å². The van der Waals surface area contributed by atoms with Crippen molar-refractivity contribution in [3.63, 3.8) is 0 Å². The van der Waals surface area contributed by atoms with Crippen molar-refractivity contribution in [2.45, 2.75) is 84.7 Å². The van der Waals surface area contributed by atoms with Crippen molar-refractivity contribution < 1.29 is 9.53 Å². The van der Waals surface area contributed by atoms with Gasteiger partial charge in [0.25, 0.3) is 0 Å². The lowest BCUT2D eigenvalue weighted by Crippen LogP contribution is -2.37. The molecule has 0 bridgehead atoms. The molecule has 1 saturated carbocycles. The number of ether oxygens (including phenoxy) is 1. The van der Waals surface area contributed by atoms with E-state index in [1.165, 1.54) is 5.19 Å². The average molecular weight is 508 g/mol. The number of aromatic nitrogens is 3. The molecule has 2 heterocycles. The first-order valence-corrected chi connectivity index (χ1v) is 20.2. The lowest BCUT2D eigenvalue weighted by Gasteiger charge is -2.21. The molecule has 0 unspecified atom stereocenters. The number of hydrogen-bond donors (Lipinski definition) is 0. The van der Waals surface area contributed by atoms with Gasteiger partial charge in [-0.05, 0) is 18.9 Å². The zero-order valence-corrected chi connectivity index (χ0v) is 24.6. The molecule has 0 saturated heterocycles. The molecular weight excluding hydrogens is 466 g/mol. The van der Waals surface area contributed by atoms with Gasteiger partial charge in [0.15, 0.2) is 11.4 Å². The summed E-state index contributed by atoms with van der Waals surface area (Å²) in [5, 5.41) is 1.39. The molecule has 0 aliphatic heterocycles. The first kappa shape index (κ1) is 26.0. The quantitative estimate of drug-likeness (QED) is 0.183. The van der Waals surface area contributed by atoms with Gasteiger partial charge in [-0.2, -0.15) is 0 Å². The van der Waals surface area contributed by atoms with Gasteiger partial charge in [-0.1, -0.05) is 88.5 Å². The number of nitrogens with zero attached hydrogens (tertiary/aromatic N) is 3. The fourth-order valence-corrected chi connectivity index (χ4v) is 6.79. The van der Waals surface area contributed by atoms with Crippen molar-refractivity contribution in [2.75, 3.05) is 6.61 Å². The second-order valence-electron chi connectivity index (χ2n) is 12.7. The summed E-state index contributed by atoms with van der Waals surface area (Å²) in [6, 6.07) is 9.78. The lowest BCUT2D eigenvalue weighted by atomic mass is 9.81. The van der Waals surface area contributed by atoms with E-state index in [1.807, 2.05) is 17.0 Å². The summed E-state index contributed by atoms with van der Waals surface area (Å²) in [4.78, 5) is 23.6. The molecule has 1 aromatic carbocycles. The Morgan fingerprint density at radius 1 is 1.11 bits per heavy atom. The fraction of sp³-hybridized carbons (Fsp3) is 0.536. The van der Waals surface area contributed by atoms with Gasteiger partial charge < -0.3 is 9.30 Å². The van der Waals surface area contributed by atoms with Crippen LogP contribution in [-0.2, 0) is 11.5 Å². The van der Waals surface area contributed by atoms with Crippen molar-refractivity contribution in [3.05, 3.63) is 42.2 Å². The zero-order chi connectivity index (χ0) is 25.4. The van der Waals surface area contributed by atoms with Gasteiger partial charge in [0, 0.05) is 31.9 Å². The molecule has 0 atom stereocenters. The maximum atomic E-state index is 13.8. The van der Waals surface area contributed by atoms with E-state index in [4.69, 9.17) is 14.7 Å². The SMILES string of the molecule is CC1(C(=O)c2cn(COCC[Si](C)(C)C)c3ncc(-c4cccc([Si](C)(C)C)c4)nc23)CCCC1. The average Bonchev–Trinajstić information content (AvgIpc) is 3.39. The van der Waals surface area contributed by atoms with E-state index in [0.29, 0.717) is 17.8 Å². The second kappa shape index (κ2) is 9.75. The van der Waals surface area contributed by atoms with E-state index in [9.17, 15) is 4.79 Å². The summed E-state index contributed by atoms with van der Waals surface area (Å²) in [5.41, 5.74) is 3.69. The molecule has 5 nitrogen and oxygen atoms in total. The predicted octanol–water partition coefficient (Wildman–Crippen LogP) is 6.72. The maximum Gasteiger partial charge on any atom is 0.172 e. The summed E-state index contributed by atoms with van der Waals surface area (Å²) in [5.74, 6) is 0.197. The predicted molar refractivity (Wildman–Crippen MR) is 151 cm³/mol. The van der Waals surface area contributed by atoms with E-state index < -0.39 is 16.1 Å². The van der Waals surface area contributed by atoms with Crippen molar-refractivity contribution in [3.8, 4) is 11.3 Å². The highest BCUT2D eigenvalue weighted by Gasteiger charge is 2.38. The highest BCUT2D eigenvalue weighted by molar-refractivity contribution is 6.88. The monoisotopic (exact) mass is 507 g/mol. The Morgan fingerprint density at radius 3 is 2.49 bits per heavy atom. The van der Waals surface area contributed by atoms with Crippen molar-refractivity contribution in [2.24, 2.45) is 5.41 Å². The Kier molecular flexibility index (Phi) is 7.24. The van der Waals surface area contributed by atoms with Crippen LogP contribution in [0.3, 0.4) is 0 Å². The normalized spacial score (nSPS) is 16.2. The number of carbonyl (C=O) groups is 1. The lowest BCUT2D eigenvalue weighted by molar-refractivity contribution is 0.0818. The molecule has 7 heteroatoms.